The zero-order valence-corrected chi connectivity index (χ0v) is 15.9. The van der Waals surface area contributed by atoms with Gasteiger partial charge in [0.15, 0.2) is 5.96 Å². The summed E-state index contributed by atoms with van der Waals surface area (Å²) in [6.07, 6.45) is 2.53. The Morgan fingerprint density at radius 3 is 2.52 bits per heavy atom. The fraction of sp³-hybridized carbons (Fsp3) is 0.632. The largest absolute Gasteiger partial charge is 0.435 e. The third kappa shape index (κ3) is 7.30. The minimum absolute atomic E-state index is 0.0644. The van der Waals surface area contributed by atoms with Gasteiger partial charge in [0.2, 0.25) is 0 Å². The van der Waals surface area contributed by atoms with E-state index in [2.05, 4.69) is 20.4 Å². The number of aliphatic hydroxyl groups excluding tert-OH is 1. The molecule has 152 valence electrons. The maximum Gasteiger partial charge on any atom is 0.387 e. The number of aliphatic imine (C=N–C) groups is 1. The van der Waals surface area contributed by atoms with Crippen LogP contribution in [-0.4, -0.2) is 51.0 Å². The summed E-state index contributed by atoms with van der Waals surface area (Å²) >= 11 is 0. The molecule has 0 saturated heterocycles. The van der Waals surface area contributed by atoms with Crippen molar-refractivity contribution in [2.75, 3.05) is 33.4 Å². The standard InChI is InChI=1S/C19H29F2N3O3/c1-3-22-18(24-13-19(8-9-19)10-11-26-2)23-12-16(25)14-4-6-15(7-5-14)27-17(20)21/h4-7,16-17,25H,3,8-13H2,1-2H3,(H2,22,23,24). The number of rotatable bonds is 11. The van der Waals surface area contributed by atoms with E-state index in [0.29, 0.717) is 18.1 Å². The lowest BCUT2D eigenvalue weighted by Crippen LogP contribution is -2.39. The monoisotopic (exact) mass is 385 g/mol. The summed E-state index contributed by atoms with van der Waals surface area (Å²) in [6, 6.07) is 5.96. The highest BCUT2D eigenvalue weighted by atomic mass is 19.3. The van der Waals surface area contributed by atoms with Crippen LogP contribution in [0, 0.1) is 5.41 Å². The number of methoxy groups -OCH3 is 1. The van der Waals surface area contributed by atoms with Crippen LogP contribution in [0.2, 0.25) is 0 Å². The Morgan fingerprint density at radius 2 is 1.96 bits per heavy atom. The molecule has 1 aliphatic rings. The minimum atomic E-state index is -2.86. The maximum absolute atomic E-state index is 12.2. The van der Waals surface area contributed by atoms with Crippen LogP contribution in [0.4, 0.5) is 8.78 Å². The molecule has 0 aromatic heterocycles. The van der Waals surface area contributed by atoms with Gasteiger partial charge in [0.25, 0.3) is 0 Å². The van der Waals surface area contributed by atoms with Crippen molar-refractivity contribution in [2.24, 2.45) is 10.4 Å². The number of benzene rings is 1. The van der Waals surface area contributed by atoms with Gasteiger partial charge >= 0.3 is 6.61 Å². The highest BCUT2D eigenvalue weighted by Crippen LogP contribution is 2.48. The molecule has 1 unspecified atom stereocenters. The van der Waals surface area contributed by atoms with Crippen molar-refractivity contribution in [3.8, 4) is 5.75 Å². The molecule has 1 aromatic rings. The molecule has 3 N–H and O–H groups in total. The van der Waals surface area contributed by atoms with Gasteiger partial charge in [0.05, 0.1) is 6.10 Å². The summed E-state index contributed by atoms with van der Waals surface area (Å²) in [5, 5.41) is 16.6. The zero-order chi connectivity index (χ0) is 19.7. The van der Waals surface area contributed by atoms with Gasteiger partial charge in [-0.25, -0.2) is 0 Å². The molecular weight excluding hydrogens is 356 g/mol. The first-order valence-corrected chi connectivity index (χ1v) is 9.22. The van der Waals surface area contributed by atoms with E-state index in [-0.39, 0.29) is 17.7 Å². The van der Waals surface area contributed by atoms with Crippen molar-refractivity contribution in [2.45, 2.75) is 38.9 Å². The molecule has 0 heterocycles. The van der Waals surface area contributed by atoms with Crippen LogP contribution in [0.15, 0.2) is 29.3 Å². The fourth-order valence-corrected chi connectivity index (χ4v) is 2.75. The summed E-state index contributed by atoms with van der Waals surface area (Å²) in [5.74, 6) is 0.715. The second-order valence-electron chi connectivity index (χ2n) is 6.78. The van der Waals surface area contributed by atoms with Gasteiger partial charge in [-0.3, -0.25) is 4.99 Å². The average Bonchev–Trinajstić information content (AvgIpc) is 3.42. The molecule has 1 aromatic carbocycles. The lowest BCUT2D eigenvalue weighted by atomic mass is 10.0. The van der Waals surface area contributed by atoms with Crippen molar-refractivity contribution < 1.29 is 23.4 Å². The second-order valence-corrected chi connectivity index (χ2v) is 6.78. The maximum atomic E-state index is 12.2. The van der Waals surface area contributed by atoms with Crippen LogP contribution >= 0.6 is 0 Å². The number of halogens is 2. The van der Waals surface area contributed by atoms with E-state index in [1.165, 1.54) is 12.1 Å². The molecular formula is C19H29F2N3O3. The van der Waals surface area contributed by atoms with Crippen LogP contribution in [0.1, 0.15) is 37.9 Å². The van der Waals surface area contributed by atoms with E-state index in [9.17, 15) is 13.9 Å². The molecule has 2 rings (SSSR count). The molecule has 1 atom stereocenters. The third-order valence-electron chi connectivity index (χ3n) is 4.66. The molecule has 1 fully saturated rings. The molecule has 1 aliphatic carbocycles. The van der Waals surface area contributed by atoms with E-state index < -0.39 is 12.7 Å². The lowest BCUT2D eigenvalue weighted by Gasteiger charge is -2.17. The smallest absolute Gasteiger partial charge is 0.387 e. The second kappa shape index (κ2) is 10.4. The molecule has 8 heteroatoms. The third-order valence-corrected chi connectivity index (χ3v) is 4.66. The van der Waals surface area contributed by atoms with E-state index in [1.54, 1.807) is 19.2 Å². The normalized spacial score (nSPS) is 16.9. The van der Waals surface area contributed by atoms with Gasteiger partial charge < -0.3 is 25.2 Å². The Balaban J connectivity index is 1.86. The van der Waals surface area contributed by atoms with Gasteiger partial charge in [-0.2, -0.15) is 8.78 Å². The van der Waals surface area contributed by atoms with Gasteiger partial charge in [0, 0.05) is 33.4 Å². The number of hydrogen-bond acceptors (Lipinski definition) is 4. The summed E-state index contributed by atoms with van der Waals surface area (Å²) in [6.45, 7) is 1.55. The Bertz CT molecular complexity index is 592. The predicted octanol–water partition coefficient (Wildman–Crippen LogP) is 2.69. The first-order chi connectivity index (χ1) is 13.0. The van der Waals surface area contributed by atoms with Crippen LogP contribution in [0.5, 0.6) is 5.75 Å². The first kappa shape index (κ1) is 21.4. The average molecular weight is 385 g/mol. The van der Waals surface area contributed by atoms with Crippen molar-refractivity contribution >= 4 is 5.96 Å². The number of nitrogens with zero attached hydrogens (tertiary/aromatic N) is 1. The van der Waals surface area contributed by atoms with Crippen molar-refractivity contribution in [3.63, 3.8) is 0 Å². The quantitative estimate of drug-likeness (QED) is 0.403. The summed E-state index contributed by atoms with van der Waals surface area (Å²) in [7, 11) is 1.71. The molecule has 0 aliphatic heterocycles. The fourth-order valence-electron chi connectivity index (χ4n) is 2.75. The van der Waals surface area contributed by atoms with Crippen molar-refractivity contribution in [1.82, 2.24) is 10.6 Å². The highest BCUT2D eigenvalue weighted by molar-refractivity contribution is 5.79. The minimum Gasteiger partial charge on any atom is -0.435 e. The molecule has 27 heavy (non-hydrogen) atoms. The van der Waals surface area contributed by atoms with Gasteiger partial charge in [-0.05, 0) is 49.3 Å². The summed E-state index contributed by atoms with van der Waals surface area (Å²) < 4.78 is 33.8. The molecule has 0 spiro atoms. The number of hydrogen-bond donors (Lipinski definition) is 3. The van der Waals surface area contributed by atoms with E-state index in [4.69, 9.17) is 4.74 Å². The number of alkyl halides is 2. The predicted molar refractivity (Wildman–Crippen MR) is 100 cm³/mol. The Hall–Kier alpha value is -1.93. The highest BCUT2D eigenvalue weighted by Gasteiger charge is 2.41. The van der Waals surface area contributed by atoms with Gasteiger partial charge in [-0.15, -0.1) is 0 Å². The summed E-state index contributed by atoms with van der Waals surface area (Å²) in [5.41, 5.74) is 0.857. The van der Waals surface area contributed by atoms with E-state index in [1.807, 2.05) is 6.92 Å². The van der Waals surface area contributed by atoms with Crippen LogP contribution in [0.3, 0.4) is 0 Å². The topological polar surface area (TPSA) is 75.1 Å². The van der Waals surface area contributed by atoms with Crippen molar-refractivity contribution in [3.05, 3.63) is 29.8 Å². The molecule has 6 nitrogen and oxygen atoms in total. The molecule has 0 bridgehead atoms. The molecule has 1 saturated carbocycles. The zero-order valence-electron chi connectivity index (χ0n) is 15.9. The van der Waals surface area contributed by atoms with Crippen LogP contribution in [0.25, 0.3) is 0 Å². The van der Waals surface area contributed by atoms with Crippen LogP contribution in [-0.2, 0) is 4.74 Å². The van der Waals surface area contributed by atoms with Crippen molar-refractivity contribution in [1.29, 1.82) is 0 Å². The number of aliphatic hydroxyl groups is 1. The summed E-state index contributed by atoms with van der Waals surface area (Å²) in [4.78, 5) is 4.64. The van der Waals surface area contributed by atoms with E-state index in [0.717, 1.165) is 32.4 Å². The lowest BCUT2D eigenvalue weighted by molar-refractivity contribution is -0.0498. The number of ether oxygens (including phenoxy) is 2. The number of nitrogens with one attached hydrogen (secondary N) is 2. The Labute approximate surface area is 159 Å². The Morgan fingerprint density at radius 1 is 1.26 bits per heavy atom. The van der Waals surface area contributed by atoms with E-state index >= 15 is 0 Å². The SMILES string of the molecule is CCNC(=NCC1(CCOC)CC1)NCC(O)c1ccc(OC(F)F)cc1. The molecule has 0 amide bonds. The Kier molecular flexibility index (Phi) is 8.24. The van der Waals surface area contributed by atoms with Gasteiger partial charge in [-0.1, -0.05) is 12.1 Å². The number of guanidine groups is 1. The first-order valence-electron chi connectivity index (χ1n) is 9.22. The van der Waals surface area contributed by atoms with Gasteiger partial charge in [0.1, 0.15) is 5.75 Å². The molecule has 0 radical (unpaired) electrons. The van der Waals surface area contributed by atoms with Crippen LogP contribution < -0.4 is 15.4 Å².